The summed E-state index contributed by atoms with van der Waals surface area (Å²) in [5.41, 5.74) is 2.94. The summed E-state index contributed by atoms with van der Waals surface area (Å²) in [6.07, 6.45) is 0.927. The summed E-state index contributed by atoms with van der Waals surface area (Å²) in [6.45, 7) is 8.56. The molecule has 1 heterocycles. The van der Waals surface area contributed by atoms with Crippen molar-refractivity contribution in [2.75, 3.05) is 13.1 Å². The second kappa shape index (κ2) is 4.28. The highest BCUT2D eigenvalue weighted by atomic mass is 15.0. The Hall–Kier alpha value is -1.31. The molecule has 0 saturated carbocycles. The molecule has 0 amide bonds. The van der Waals surface area contributed by atoms with Crippen LogP contribution >= 0.6 is 0 Å². The summed E-state index contributed by atoms with van der Waals surface area (Å²) in [4.78, 5) is 4.61. The molecular weight excluding hydrogens is 196 g/mol. The monoisotopic (exact) mass is 216 g/mol. The number of nitrogens with one attached hydrogen (secondary N) is 1. The van der Waals surface area contributed by atoms with Crippen LogP contribution in [0.2, 0.25) is 0 Å². The Morgan fingerprint density at radius 3 is 2.50 bits per heavy atom. The van der Waals surface area contributed by atoms with Gasteiger partial charge in [-0.2, -0.15) is 0 Å². The second-order valence-corrected chi connectivity index (χ2v) is 5.44. The van der Waals surface area contributed by atoms with E-state index in [1.807, 2.05) is 0 Å². The fourth-order valence-corrected chi connectivity index (χ4v) is 1.78. The standard InChI is InChI=1S/C14H20N2/c1-11-4-6-12(7-5-11)8-13-15-9-14(2,3)10-16-13/h4-7H,8-10H2,1-3H3,(H,15,16). The molecule has 0 bridgehead atoms. The number of amidine groups is 1. The van der Waals surface area contributed by atoms with Gasteiger partial charge in [0.2, 0.25) is 0 Å². The van der Waals surface area contributed by atoms with Crippen LogP contribution < -0.4 is 5.32 Å². The molecule has 0 radical (unpaired) electrons. The van der Waals surface area contributed by atoms with E-state index in [-0.39, 0.29) is 0 Å². The third kappa shape index (κ3) is 2.84. The van der Waals surface area contributed by atoms with Crippen molar-refractivity contribution in [1.29, 1.82) is 0 Å². The van der Waals surface area contributed by atoms with Crippen LogP contribution in [0.1, 0.15) is 25.0 Å². The largest absolute Gasteiger partial charge is 0.373 e. The van der Waals surface area contributed by atoms with Gasteiger partial charge in [-0.15, -0.1) is 0 Å². The molecule has 0 fully saturated rings. The van der Waals surface area contributed by atoms with Gasteiger partial charge in [-0.25, -0.2) is 0 Å². The lowest BCUT2D eigenvalue weighted by molar-refractivity contribution is 0.360. The second-order valence-electron chi connectivity index (χ2n) is 5.44. The predicted octanol–water partition coefficient (Wildman–Crippen LogP) is 2.57. The van der Waals surface area contributed by atoms with E-state index in [9.17, 15) is 0 Å². The number of hydrogen-bond donors (Lipinski definition) is 1. The van der Waals surface area contributed by atoms with Crippen LogP contribution in [0.25, 0.3) is 0 Å². The van der Waals surface area contributed by atoms with Gasteiger partial charge in [0.1, 0.15) is 5.84 Å². The maximum Gasteiger partial charge on any atom is 0.101 e. The zero-order chi connectivity index (χ0) is 11.6. The zero-order valence-electron chi connectivity index (χ0n) is 10.4. The van der Waals surface area contributed by atoms with Crippen LogP contribution in [0.4, 0.5) is 0 Å². The van der Waals surface area contributed by atoms with Crippen molar-refractivity contribution in [3.63, 3.8) is 0 Å². The minimum Gasteiger partial charge on any atom is -0.373 e. The quantitative estimate of drug-likeness (QED) is 0.807. The molecule has 0 saturated heterocycles. The molecule has 1 aromatic rings. The summed E-state index contributed by atoms with van der Waals surface area (Å²) >= 11 is 0. The smallest absolute Gasteiger partial charge is 0.101 e. The molecule has 2 heteroatoms. The molecule has 1 N–H and O–H groups in total. The first-order valence-corrected chi connectivity index (χ1v) is 5.88. The molecule has 0 unspecified atom stereocenters. The van der Waals surface area contributed by atoms with Gasteiger partial charge in [-0.1, -0.05) is 43.7 Å². The minimum absolute atomic E-state index is 0.302. The number of rotatable bonds is 2. The van der Waals surface area contributed by atoms with Gasteiger partial charge in [0.15, 0.2) is 0 Å². The van der Waals surface area contributed by atoms with Crippen molar-refractivity contribution < 1.29 is 0 Å². The van der Waals surface area contributed by atoms with Crippen molar-refractivity contribution in [2.24, 2.45) is 10.4 Å². The van der Waals surface area contributed by atoms with Crippen molar-refractivity contribution in [1.82, 2.24) is 5.32 Å². The molecule has 0 aliphatic carbocycles. The topological polar surface area (TPSA) is 24.4 Å². The van der Waals surface area contributed by atoms with E-state index in [4.69, 9.17) is 0 Å². The summed E-state index contributed by atoms with van der Waals surface area (Å²) in [5, 5.41) is 3.42. The maximum atomic E-state index is 4.61. The molecule has 0 atom stereocenters. The number of aryl methyl sites for hydroxylation is 1. The van der Waals surface area contributed by atoms with E-state index in [1.54, 1.807) is 0 Å². The average molecular weight is 216 g/mol. The zero-order valence-corrected chi connectivity index (χ0v) is 10.4. The highest BCUT2D eigenvalue weighted by molar-refractivity contribution is 5.85. The lowest BCUT2D eigenvalue weighted by atomic mass is 9.92. The lowest BCUT2D eigenvalue weighted by Crippen LogP contribution is -2.41. The third-order valence-electron chi connectivity index (χ3n) is 2.96. The Labute approximate surface area is 97.8 Å². The van der Waals surface area contributed by atoms with E-state index < -0.39 is 0 Å². The summed E-state index contributed by atoms with van der Waals surface area (Å²) < 4.78 is 0. The fourth-order valence-electron chi connectivity index (χ4n) is 1.78. The SMILES string of the molecule is Cc1ccc(CC2=NCC(C)(C)CN2)cc1. The summed E-state index contributed by atoms with van der Waals surface area (Å²) in [7, 11) is 0. The third-order valence-corrected chi connectivity index (χ3v) is 2.96. The highest BCUT2D eigenvalue weighted by Crippen LogP contribution is 2.17. The Balaban J connectivity index is 2.01. The van der Waals surface area contributed by atoms with Gasteiger partial charge in [-0.05, 0) is 12.5 Å². The molecule has 2 rings (SSSR count). The van der Waals surface area contributed by atoms with Gasteiger partial charge in [0.05, 0.1) is 0 Å². The van der Waals surface area contributed by atoms with Gasteiger partial charge in [0.25, 0.3) is 0 Å². The molecule has 1 aromatic carbocycles. The van der Waals surface area contributed by atoms with Crippen LogP contribution in [0.3, 0.4) is 0 Å². The molecule has 86 valence electrons. The van der Waals surface area contributed by atoms with Crippen molar-refractivity contribution in [2.45, 2.75) is 27.2 Å². The predicted molar refractivity (Wildman–Crippen MR) is 69.0 cm³/mol. The van der Waals surface area contributed by atoms with Crippen molar-refractivity contribution >= 4 is 5.84 Å². The molecule has 1 aliphatic rings. The maximum absolute atomic E-state index is 4.61. The number of hydrogen-bond acceptors (Lipinski definition) is 2. The first-order valence-electron chi connectivity index (χ1n) is 5.88. The van der Waals surface area contributed by atoms with Crippen molar-refractivity contribution in [3.8, 4) is 0 Å². The minimum atomic E-state index is 0.302. The number of benzene rings is 1. The van der Waals surface area contributed by atoms with E-state index in [0.29, 0.717) is 5.41 Å². The van der Waals surface area contributed by atoms with Gasteiger partial charge in [-0.3, -0.25) is 4.99 Å². The fraction of sp³-hybridized carbons (Fsp3) is 0.500. The van der Waals surface area contributed by atoms with Gasteiger partial charge < -0.3 is 5.32 Å². The molecule has 2 nitrogen and oxygen atoms in total. The molecule has 16 heavy (non-hydrogen) atoms. The summed E-state index contributed by atoms with van der Waals surface area (Å²) in [6, 6.07) is 8.67. The molecular formula is C14H20N2. The highest BCUT2D eigenvalue weighted by Gasteiger charge is 2.21. The van der Waals surface area contributed by atoms with E-state index in [1.165, 1.54) is 11.1 Å². The first kappa shape index (κ1) is 11.2. The van der Waals surface area contributed by atoms with Crippen LogP contribution in [0.5, 0.6) is 0 Å². The van der Waals surface area contributed by atoms with Crippen LogP contribution in [0, 0.1) is 12.3 Å². The first-order chi connectivity index (χ1) is 7.55. The van der Waals surface area contributed by atoms with Gasteiger partial charge >= 0.3 is 0 Å². The van der Waals surface area contributed by atoms with Crippen molar-refractivity contribution in [3.05, 3.63) is 35.4 Å². The molecule has 1 aliphatic heterocycles. The summed E-state index contributed by atoms with van der Waals surface area (Å²) in [5.74, 6) is 1.13. The van der Waals surface area contributed by atoms with Gasteiger partial charge in [0, 0.05) is 24.9 Å². The average Bonchev–Trinajstić information content (AvgIpc) is 2.24. The number of aliphatic imine (C=N–C) groups is 1. The molecule has 0 spiro atoms. The number of nitrogens with zero attached hydrogens (tertiary/aromatic N) is 1. The van der Waals surface area contributed by atoms with Crippen LogP contribution in [-0.4, -0.2) is 18.9 Å². The van der Waals surface area contributed by atoms with Crippen LogP contribution in [-0.2, 0) is 6.42 Å². The Morgan fingerprint density at radius 2 is 1.94 bits per heavy atom. The Kier molecular flexibility index (Phi) is 2.99. The lowest BCUT2D eigenvalue weighted by Gasteiger charge is -2.29. The molecule has 0 aromatic heterocycles. The van der Waals surface area contributed by atoms with E-state index >= 15 is 0 Å². The Morgan fingerprint density at radius 1 is 1.25 bits per heavy atom. The Bertz CT molecular complexity index is 388. The van der Waals surface area contributed by atoms with Crippen LogP contribution in [0.15, 0.2) is 29.3 Å². The van der Waals surface area contributed by atoms with E-state index in [2.05, 4.69) is 55.3 Å². The van der Waals surface area contributed by atoms with E-state index in [0.717, 1.165) is 25.3 Å². The normalized spacial score (nSPS) is 18.8.